The minimum atomic E-state index is -5.02. The van der Waals surface area contributed by atoms with Gasteiger partial charge in [-0.25, -0.2) is 0 Å². The van der Waals surface area contributed by atoms with Gasteiger partial charge in [0, 0.05) is 0 Å². The first-order valence-corrected chi connectivity index (χ1v) is 5.54. The van der Waals surface area contributed by atoms with Crippen LogP contribution in [-0.4, -0.2) is 17.2 Å². The predicted molar refractivity (Wildman–Crippen MR) is 60.4 cm³/mol. The second-order valence-electron chi connectivity index (χ2n) is 4.55. The van der Waals surface area contributed by atoms with E-state index in [0.717, 1.165) is 0 Å². The molecule has 9 heteroatoms. The van der Waals surface area contributed by atoms with Crippen molar-refractivity contribution in [3.63, 3.8) is 0 Å². The Morgan fingerprint density at radius 1 is 0.900 bits per heavy atom. The maximum atomic E-state index is 12.9. The number of benzene rings is 1. The molecule has 0 aromatic heterocycles. The summed E-state index contributed by atoms with van der Waals surface area (Å²) >= 11 is 0. The van der Waals surface area contributed by atoms with E-state index < -0.39 is 47.5 Å². The second-order valence-corrected chi connectivity index (χ2v) is 4.55. The first kappa shape index (κ1) is 16.8. The first-order chi connectivity index (χ1) is 8.85. The second kappa shape index (κ2) is 5.29. The van der Waals surface area contributed by atoms with E-state index in [1.807, 2.05) is 0 Å². The summed E-state index contributed by atoms with van der Waals surface area (Å²) in [7, 11) is -2.42. The zero-order valence-corrected chi connectivity index (χ0v) is 10.5. The Hall–Kier alpha value is -1.22. The van der Waals surface area contributed by atoms with Crippen LogP contribution in [0.3, 0.4) is 0 Å². The Morgan fingerprint density at radius 2 is 1.25 bits per heavy atom. The molecule has 0 fully saturated rings. The van der Waals surface area contributed by atoms with Gasteiger partial charge in [0.1, 0.15) is 0 Å². The third kappa shape index (κ3) is 3.46. The van der Waals surface area contributed by atoms with Crippen molar-refractivity contribution >= 4 is 12.6 Å². The Balaban J connectivity index is 3.77. The van der Waals surface area contributed by atoms with Crippen molar-refractivity contribution in [2.45, 2.75) is 32.1 Å². The summed E-state index contributed by atoms with van der Waals surface area (Å²) in [4.78, 5) is 0. The first-order valence-electron chi connectivity index (χ1n) is 5.54. The van der Waals surface area contributed by atoms with Crippen molar-refractivity contribution in [1.82, 2.24) is 0 Å². The highest BCUT2D eigenvalue weighted by Crippen LogP contribution is 2.41. The van der Waals surface area contributed by atoms with E-state index >= 15 is 0 Å². The third-order valence-corrected chi connectivity index (χ3v) is 2.69. The van der Waals surface area contributed by atoms with Gasteiger partial charge in [0.25, 0.3) is 0 Å². The summed E-state index contributed by atoms with van der Waals surface area (Å²) in [5, 5.41) is 17.7. The van der Waals surface area contributed by atoms with E-state index in [4.69, 9.17) is 10.0 Å². The molecular formula is C11H11BF6O2. The summed E-state index contributed by atoms with van der Waals surface area (Å²) in [6, 6.07) is 0.657. The van der Waals surface area contributed by atoms with E-state index in [2.05, 4.69) is 0 Å². The van der Waals surface area contributed by atoms with Crippen molar-refractivity contribution in [3.05, 3.63) is 28.8 Å². The highest BCUT2D eigenvalue weighted by molar-refractivity contribution is 6.58. The average molecular weight is 300 g/mol. The van der Waals surface area contributed by atoms with Crippen LogP contribution in [0.1, 0.15) is 36.5 Å². The maximum Gasteiger partial charge on any atom is 0.488 e. The van der Waals surface area contributed by atoms with E-state index in [0.29, 0.717) is 12.1 Å². The van der Waals surface area contributed by atoms with Crippen LogP contribution in [0.25, 0.3) is 0 Å². The zero-order valence-electron chi connectivity index (χ0n) is 10.5. The van der Waals surface area contributed by atoms with Gasteiger partial charge in [-0.1, -0.05) is 13.8 Å². The lowest BCUT2D eigenvalue weighted by atomic mass is 9.76. The van der Waals surface area contributed by atoms with Gasteiger partial charge in [-0.2, -0.15) is 26.3 Å². The standard InChI is InChI=1S/C11H11BF6O2/c1-5(2)9-7(10(13,14)15)3-6(12(19)20)4-8(9)11(16,17)18/h3-5,19-20H,1-2H3. The minimum absolute atomic E-state index is 0.329. The number of hydrogen-bond acceptors (Lipinski definition) is 2. The predicted octanol–water partition coefficient (Wildman–Crippen LogP) is 2.53. The Labute approximate surface area is 111 Å². The van der Waals surface area contributed by atoms with Crippen LogP contribution in [0.4, 0.5) is 26.3 Å². The molecule has 2 N–H and O–H groups in total. The fourth-order valence-corrected chi connectivity index (χ4v) is 1.92. The molecule has 20 heavy (non-hydrogen) atoms. The van der Waals surface area contributed by atoms with Gasteiger partial charge in [0.2, 0.25) is 0 Å². The molecule has 0 aliphatic heterocycles. The van der Waals surface area contributed by atoms with Crippen molar-refractivity contribution < 1.29 is 36.4 Å². The lowest BCUT2D eigenvalue weighted by molar-refractivity contribution is -0.144. The van der Waals surface area contributed by atoms with Crippen molar-refractivity contribution in [2.75, 3.05) is 0 Å². The molecular weight excluding hydrogens is 289 g/mol. The molecule has 0 aliphatic carbocycles. The number of hydrogen-bond donors (Lipinski definition) is 2. The largest absolute Gasteiger partial charge is 0.488 e. The fraction of sp³-hybridized carbons (Fsp3) is 0.455. The van der Waals surface area contributed by atoms with Crippen molar-refractivity contribution in [1.29, 1.82) is 0 Å². The molecule has 1 aromatic carbocycles. The minimum Gasteiger partial charge on any atom is -0.423 e. The van der Waals surface area contributed by atoms with E-state index in [-0.39, 0.29) is 0 Å². The van der Waals surface area contributed by atoms with Crippen molar-refractivity contribution in [2.24, 2.45) is 0 Å². The van der Waals surface area contributed by atoms with E-state index in [1.165, 1.54) is 13.8 Å². The molecule has 0 bridgehead atoms. The van der Waals surface area contributed by atoms with Crippen LogP contribution < -0.4 is 5.46 Å². The summed E-state index contributed by atoms with van der Waals surface area (Å²) in [6.45, 7) is 2.41. The van der Waals surface area contributed by atoms with Crippen molar-refractivity contribution in [3.8, 4) is 0 Å². The molecule has 0 aliphatic rings. The normalized spacial score (nSPS) is 12.9. The monoisotopic (exact) mass is 300 g/mol. The zero-order chi connectivity index (χ0) is 15.9. The molecule has 0 amide bonds. The molecule has 1 aromatic rings. The summed E-state index contributed by atoms with van der Waals surface area (Å²) in [6.07, 6.45) is -10.0. The summed E-state index contributed by atoms with van der Waals surface area (Å²) in [5.41, 5.74) is -4.78. The molecule has 0 radical (unpaired) electrons. The Kier molecular flexibility index (Phi) is 4.45. The smallest absolute Gasteiger partial charge is 0.423 e. The highest BCUT2D eigenvalue weighted by Gasteiger charge is 2.42. The van der Waals surface area contributed by atoms with Gasteiger partial charge in [-0.05, 0) is 29.1 Å². The van der Waals surface area contributed by atoms with Gasteiger partial charge in [0.05, 0.1) is 11.1 Å². The quantitative estimate of drug-likeness (QED) is 0.651. The Bertz CT molecular complexity index is 458. The van der Waals surface area contributed by atoms with Gasteiger partial charge < -0.3 is 10.0 Å². The number of halogens is 6. The highest BCUT2D eigenvalue weighted by atomic mass is 19.4. The molecule has 0 atom stereocenters. The van der Waals surface area contributed by atoms with Crippen LogP contribution >= 0.6 is 0 Å². The summed E-state index contributed by atoms with van der Waals surface area (Å²) in [5.74, 6) is -1.03. The molecule has 0 heterocycles. The number of rotatable bonds is 2. The molecule has 0 spiro atoms. The molecule has 0 saturated carbocycles. The van der Waals surface area contributed by atoms with Gasteiger partial charge >= 0.3 is 19.5 Å². The molecule has 0 saturated heterocycles. The average Bonchev–Trinajstić information content (AvgIpc) is 2.24. The van der Waals surface area contributed by atoms with Gasteiger partial charge in [-0.3, -0.25) is 0 Å². The van der Waals surface area contributed by atoms with E-state index in [1.54, 1.807) is 0 Å². The van der Waals surface area contributed by atoms with Crippen LogP contribution in [0.5, 0.6) is 0 Å². The lowest BCUT2D eigenvalue weighted by Gasteiger charge is -2.22. The topological polar surface area (TPSA) is 40.5 Å². The van der Waals surface area contributed by atoms with Gasteiger partial charge in [0.15, 0.2) is 0 Å². The third-order valence-electron chi connectivity index (χ3n) is 2.69. The lowest BCUT2D eigenvalue weighted by Crippen LogP contribution is -2.33. The van der Waals surface area contributed by atoms with Gasteiger partial charge in [-0.15, -0.1) is 0 Å². The van der Waals surface area contributed by atoms with Crippen LogP contribution in [0.15, 0.2) is 12.1 Å². The Morgan fingerprint density at radius 3 is 1.45 bits per heavy atom. The molecule has 0 unspecified atom stereocenters. The number of alkyl halides is 6. The SMILES string of the molecule is CC(C)c1c(C(F)(F)F)cc(B(O)O)cc1C(F)(F)F. The summed E-state index contributed by atoms with van der Waals surface area (Å²) < 4.78 is 77.3. The van der Waals surface area contributed by atoms with Crippen LogP contribution in [0.2, 0.25) is 0 Å². The van der Waals surface area contributed by atoms with Crippen LogP contribution in [0, 0.1) is 0 Å². The molecule has 2 nitrogen and oxygen atoms in total. The van der Waals surface area contributed by atoms with Crippen LogP contribution in [-0.2, 0) is 12.4 Å². The molecule has 1 rings (SSSR count). The molecule has 112 valence electrons. The van der Waals surface area contributed by atoms with E-state index in [9.17, 15) is 26.3 Å². The maximum absolute atomic E-state index is 12.9. The fourth-order valence-electron chi connectivity index (χ4n) is 1.92.